The first-order valence-corrected chi connectivity index (χ1v) is 11.0. The summed E-state index contributed by atoms with van der Waals surface area (Å²) in [6.07, 6.45) is 3.33. The molecule has 0 radical (unpaired) electrons. The topological polar surface area (TPSA) is 117 Å². The standard InChI is InChI=1S/C21H21N7O3S/c1-26-18-16(3-2-4-17(18)29)28(21(26)31)20-25-14(12-32-20)19(30)24-13-11-23-6-5-15(13)27-9-7-22-8-10-27/h2-6,11-12,22,29H,7-10H2,1H3,(H,24,30). The van der Waals surface area contributed by atoms with E-state index < -0.39 is 0 Å². The minimum Gasteiger partial charge on any atom is -0.506 e. The van der Waals surface area contributed by atoms with Crippen LogP contribution in [-0.2, 0) is 7.05 Å². The van der Waals surface area contributed by atoms with Crippen LogP contribution in [0.1, 0.15) is 10.5 Å². The number of pyridine rings is 1. The van der Waals surface area contributed by atoms with Crippen LogP contribution in [0.15, 0.2) is 46.8 Å². The Hall–Kier alpha value is -3.70. The molecule has 10 nitrogen and oxygen atoms in total. The fourth-order valence-corrected chi connectivity index (χ4v) is 4.71. The molecule has 0 aliphatic carbocycles. The van der Waals surface area contributed by atoms with Crippen LogP contribution < -0.4 is 21.2 Å². The molecule has 1 aromatic carbocycles. The van der Waals surface area contributed by atoms with E-state index in [2.05, 4.69) is 25.5 Å². The van der Waals surface area contributed by atoms with E-state index >= 15 is 0 Å². The Bertz CT molecular complexity index is 1370. The van der Waals surface area contributed by atoms with Crippen LogP contribution in [0.4, 0.5) is 11.4 Å². The number of thiazole rings is 1. The largest absolute Gasteiger partial charge is 0.506 e. The maximum atomic E-state index is 12.9. The SMILES string of the molecule is Cn1c(=O)n(-c2nc(C(=O)Nc3cnccc3N3CCNCC3)cs2)c2cccc(O)c21. The zero-order valence-corrected chi connectivity index (χ0v) is 18.1. The van der Waals surface area contributed by atoms with Gasteiger partial charge >= 0.3 is 5.69 Å². The maximum Gasteiger partial charge on any atom is 0.335 e. The molecule has 3 aromatic heterocycles. The van der Waals surface area contributed by atoms with E-state index in [-0.39, 0.29) is 23.0 Å². The number of phenolic OH excluding ortho intramolecular Hbond substituents is 1. The zero-order valence-electron chi connectivity index (χ0n) is 17.3. The minimum atomic E-state index is -0.381. The molecule has 1 aliphatic rings. The molecule has 3 N–H and O–H groups in total. The summed E-state index contributed by atoms with van der Waals surface area (Å²) in [5, 5.41) is 18.3. The number of fused-ring (bicyclic) bond motifs is 1. The fraction of sp³-hybridized carbons (Fsp3) is 0.238. The van der Waals surface area contributed by atoms with Gasteiger partial charge in [-0.3, -0.25) is 14.3 Å². The first-order valence-electron chi connectivity index (χ1n) is 10.1. The molecule has 1 amide bonds. The third kappa shape index (κ3) is 3.41. The van der Waals surface area contributed by atoms with Crippen LogP contribution >= 0.6 is 11.3 Å². The monoisotopic (exact) mass is 451 g/mol. The van der Waals surface area contributed by atoms with Gasteiger partial charge in [0.2, 0.25) is 0 Å². The van der Waals surface area contributed by atoms with Crippen molar-refractivity contribution in [1.29, 1.82) is 0 Å². The van der Waals surface area contributed by atoms with Gasteiger partial charge in [0.15, 0.2) is 5.13 Å². The molecule has 164 valence electrons. The lowest BCUT2D eigenvalue weighted by atomic mass is 10.2. The van der Waals surface area contributed by atoms with Crippen molar-refractivity contribution in [3.8, 4) is 10.9 Å². The number of aromatic hydroxyl groups is 1. The number of phenols is 1. The highest BCUT2D eigenvalue weighted by Gasteiger charge is 2.21. The van der Waals surface area contributed by atoms with Crippen molar-refractivity contribution < 1.29 is 9.90 Å². The number of hydrogen-bond donors (Lipinski definition) is 3. The lowest BCUT2D eigenvalue weighted by Gasteiger charge is -2.30. The van der Waals surface area contributed by atoms with Crippen molar-refractivity contribution in [1.82, 2.24) is 24.4 Å². The molecular formula is C21H21N7O3S. The number of nitrogens with one attached hydrogen (secondary N) is 2. The average Bonchev–Trinajstić information content (AvgIpc) is 3.39. The summed E-state index contributed by atoms with van der Waals surface area (Å²) < 4.78 is 2.76. The Balaban J connectivity index is 1.45. The van der Waals surface area contributed by atoms with Crippen molar-refractivity contribution in [2.45, 2.75) is 0 Å². The van der Waals surface area contributed by atoms with Gasteiger partial charge in [0.05, 0.1) is 23.1 Å². The van der Waals surface area contributed by atoms with Crippen LogP contribution in [0.25, 0.3) is 16.2 Å². The third-order valence-corrected chi connectivity index (χ3v) is 6.29. The Morgan fingerprint density at radius 3 is 2.88 bits per heavy atom. The van der Waals surface area contributed by atoms with Crippen molar-refractivity contribution in [3.05, 3.63) is 58.2 Å². The predicted octanol–water partition coefficient (Wildman–Crippen LogP) is 1.55. The van der Waals surface area contributed by atoms with Gasteiger partial charge in [-0.05, 0) is 18.2 Å². The van der Waals surface area contributed by atoms with E-state index in [4.69, 9.17) is 0 Å². The van der Waals surface area contributed by atoms with Gasteiger partial charge < -0.3 is 20.6 Å². The molecule has 11 heteroatoms. The van der Waals surface area contributed by atoms with E-state index in [1.807, 2.05) is 6.07 Å². The number of aromatic nitrogens is 4. The second-order valence-corrected chi connectivity index (χ2v) is 8.26. The van der Waals surface area contributed by atoms with E-state index in [1.165, 1.54) is 26.5 Å². The second-order valence-electron chi connectivity index (χ2n) is 7.42. The number of rotatable bonds is 4. The first kappa shape index (κ1) is 20.2. The Morgan fingerprint density at radius 1 is 1.25 bits per heavy atom. The predicted molar refractivity (Wildman–Crippen MR) is 123 cm³/mol. The Kier molecular flexibility index (Phi) is 5.11. The van der Waals surface area contributed by atoms with Crippen molar-refractivity contribution >= 4 is 39.7 Å². The van der Waals surface area contributed by atoms with E-state index in [0.717, 1.165) is 31.9 Å². The summed E-state index contributed by atoms with van der Waals surface area (Å²) in [7, 11) is 1.59. The van der Waals surface area contributed by atoms with Gasteiger partial charge in [-0.25, -0.2) is 14.3 Å². The summed E-state index contributed by atoms with van der Waals surface area (Å²) >= 11 is 1.18. The molecule has 0 bridgehead atoms. The molecule has 1 fully saturated rings. The van der Waals surface area contributed by atoms with Gasteiger partial charge in [0, 0.05) is 44.8 Å². The van der Waals surface area contributed by atoms with Crippen LogP contribution in [0.5, 0.6) is 5.75 Å². The number of hydrogen-bond acceptors (Lipinski definition) is 8. The number of nitrogens with zero attached hydrogens (tertiary/aromatic N) is 5. The van der Waals surface area contributed by atoms with Gasteiger partial charge in [-0.1, -0.05) is 6.07 Å². The molecular weight excluding hydrogens is 430 g/mol. The van der Waals surface area contributed by atoms with Gasteiger partial charge in [-0.2, -0.15) is 0 Å². The summed E-state index contributed by atoms with van der Waals surface area (Å²) in [6, 6.07) is 6.80. The van der Waals surface area contributed by atoms with Crippen molar-refractivity contribution in [2.75, 3.05) is 36.4 Å². The lowest BCUT2D eigenvalue weighted by Crippen LogP contribution is -2.43. The second kappa shape index (κ2) is 8.09. The number of benzene rings is 1. The number of imidazole rings is 1. The quantitative estimate of drug-likeness (QED) is 0.431. The van der Waals surface area contributed by atoms with Gasteiger partial charge in [-0.15, -0.1) is 11.3 Å². The molecule has 1 saturated heterocycles. The molecule has 4 heterocycles. The average molecular weight is 452 g/mol. The third-order valence-electron chi connectivity index (χ3n) is 5.47. The van der Waals surface area contributed by atoms with Crippen molar-refractivity contribution in [2.24, 2.45) is 7.05 Å². The molecule has 0 atom stereocenters. The molecule has 5 rings (SSSR count). The summed E-state index contributed by atoms with van der Waals surface area (Å²) in [4.78, 5) is 36.5. The van der Waals surface area contributed by atoms with Crippen LogP contribution in [0.3, 0.4) is 0 Å². The number of piperazine rings is 1. The molecule has 32 heavy (non-hydrogen) atoms. The van der Waals surface area contributed by atoms with Crippen LogP contribution in [0.2, 0.25) is 0 Å². The highest BCUT2D eigenvalue weighted by Crippen LogP contribution is 2.28. The number of carbonyl (C=O) groups is 1. The molecule has 1 aliphatic heterocycles. The minimum absolute atomic E-state index is 0.00684. The summed E-state index contributed by atoms with van der Waals surface area (Å²) in [6.45, 7) is 3.43. The molecule has 0 saturated carbocycles. The van der Waals surface area contributed by atoms with Gasteiger partial charge in [0.1, 0.15) is 17.0 Å². The number of aryl methyl sites for hydroxylation is 1. The molecule has 0 spiro atoms. The fourth-order valence-electron chi connectivity index (χ4n) is 3.90. The lowest BCUT2D eigenvalue weighted by molar-refractivity contribution is 0.102. The van der Waals surface area contributed by atoms with E-state index in [0.29, 0.717) is 21.9 Å². The molecule has 0 unspecified atom stereocenters. The highest BCUT2D eigenvalue weighted by atomic mass is 32.1. The number of amides is 1. The number of anilines is 2. The van der Waals surface area contributed by atoms with E-state index in [1.54, 1.807) is 37.0 Å². The number of carbonyl (C=O) groups excluding carboxylic acids is 1. The maximum absolute atomic E-state index is 12.9. The normalized spacial score (nSPS) is 14.1. The number of para-hydroxylation sites is 1. The Morgan fingerprint density at radius 2 is 2.06 bits per heavy atom. The van der Waals surface area contributed by atoms with E-state index in [9.17, 15) is 14.7 Å². The van der Waals surface area contributed by atoms with Crippen molar-refractivity contribution in [3.63, 3.8) is 0 Å². The smallest absolute Gasteiger partial charge is 0.335 e. The zero-order chi connectivity index (χ0) is 22.2. The van der Waals surface area contributed by atoms with Crippen LogP contribution in [-0.4, -0.2) is 56.3 Å². The Labute approximate surface area is 186 Å². The molecule has 4 aromatic rings. The van der Waals surface area contributed by atoms with Gasteiger partial charge in [0.25, 0.3) is 5.91 Å². The van der Waals surface area contributed by atoms with Crippen LogP contribution in [0, 0.1) is 0 Å². The summed E-state index contributed by atoms with van der Waals surface area (Å²) in [5.74, 6) is -0.375. The summed E-state index contributed by atoms with van der Waals surface area (Å²) in [5.41, 5.74) is 2.30. The first-order chi connectivity index (χ1) is 15.5. The highest BCUT2D eigenvalue weighted by molar-refractivity contribution is 7.12.